The minimum absolute atomic E-state index is 0.520. The fourth-order valence-electron chi connectivity index (χ4n) is 4.13. The molecule has 5 nitrogen and oxygen atoms in total. The molecule has 23 heavy (non-hydrogen) atoms. The molecule has 2 unspecified atom stereocenters. The SMILES string of the molecule is CN1CCCCC1Cn1c(C2CCCNC2)nc2cccnc21. The van der Waals surface area contributed by atoms with E-state index < -0.39 is 0 Å². The molecular formula is C18H27N5. The smallest absolute Gasteiger partial charge is 0.160 e. The van der Waals surface area contributed by atoms with Crippen molar-refractivity contribution in [1.82, 2.24) is 24.8 Å². The van der Waals surface area contributed by atoms with E-state index in [1.54, 1.807) is 0 Å². The molecule has 5 heteroatoms. The number of likely N-dealkylation sites (tertiary alicyclic amines) is 1. The van der Waals surface area contributed by atoms with Crippen LogP contribution in [-0.4, -0.2) is 52.2 Å². The van der Waals surface area contributed by atoms with E-state index in [1.807, 2.05) is 12.3 Å². The number of fused-ring (bicyclic) bond motifs is 1. The van der Waals surface area contributed by atoms with E-state index in [9.17, 15) is 0 Å². The van der Waals surface area contributed by atoms with Gasteiger partial charge >= 0.3 is 0 Å². The fraction of sp³-hybridized carbons (Fsp3) is 0.667. The topological polar surface area (TPSA) is 46.0 Å². The summed E-state index contributed by atoms with van der Waals surface area (Å²) in [5, 5.41) is 3.53. The van der Waals surface area contributed by atoms with Crippen molar-refractivity contribution in [2.75, 3.05) is 26.7 Å². The Labute approximate surface area is 138 Å². The van der Waals surface area contributed by atoms with Crippen LogP contribution in [0.1, 0.15) is 43.8 Å². The summed E-state index contributed by atoms with van der Waals surface area (Å²) in [7, 11) is 2.26. The number of hydrogen-bond acceptors (Lipinski definition) is 4. The summed E-state index contributed by atoms with van der Waals surface area (Å²) in [4.78, 5) is 12.1. The van der Waals surface area contributed by atoms with Gasteiger partial charge in [0.1, 0.15) is 11.3 Å². The molecule has 2 aliphatic rings. The van der Waals surface area contributed by atoms with Gasteiger partial charge in [-0.1, -0.05) is 6.42 Å². The number of aromatic nitrogens is 3. The lowest BCUT2D eigenvalue weighted by atomic mass is 9.98. The molecule has 1 N–H and O–H groups in total. The first-order chi connectivity index (χ1) is 11.3. The van der Waals surface area contributed by atoms with Crippen molar-refractivity contribution < 1.29 is 0 Å². The Hall–Kier alpha value is -1.46. The van der Waals surface area contributed by atoms with Crippen LogP contribution in [0.4, 0.5) is 0 Å². The number of nitrogens with zero attached hydrogens (tertiary/aromatic N) is 4. The maximum Gasteiger partial charge on any atom is 0.160 e. The molecule has 2 saturated heterocycles. The molecule has 2 fully saturated rings. The second kappa shape index (κ2) is 6.57. The third kappa shape index (κ3) is 3.00. The van der Waals surface area contributed by atoms with Gasteiger partial charge < -0.3 is 14.8 Å². The normalized spacial score (nSPS) is 26.7. The Balaban J connectivity index is 1.70. The van der Waals surface area contributed by atoms with Crippen LogP contribution in [0.2, 0.25) is 0 Å². The number of pyridine rings is 1. The Kier molecular flexibility index (Phi) is 4.31. The minimum atomic E-state index is 0.520. The highest BCUT2D eigenvalue weighted by molar-refractivity contribution is 5.71. The maximum atomic E-state index is 4.97. The summed E-state index contributed by atoms with van der Waals surface area (Å²) in [6, 6.07) is 4.71. The van der Waals surface area contributed by atoms with Crippen LogP contribution in [0.3, 0.4) is 0 Å². The lowest BCUT2D eigenvalue weighted by Crippen LogP contribution is -2.40. The van der Waals surface area contributed by atoms with Crippen LogP contribution in [0, 0.1) is 0 Å². The van der Waals surface area contributed by atoms with E-state index in [2.05, 4.69) is 32.9 Å². The summed E-state index contributed by atoms with van der Waals surface area (Å²) in [6.07, 6.45) is 8.32. The second-order valence-corrected chi connectivity index (χ2v) is 7.10. The van der Waals surface area contributed by atoms with Crippen molar-refractivity contribution in [2.24, 2.45) is 0 Å². The molecule has 0 radical (unpaired) electrons. The largest absolute Gasteiger partial charge is 0.316 e. The Morgan fingerprint density at radius 2 is 2.22 bits per heavy atom. The number of piperidine rings is 2. The van der Waals surface area contributed by atoms with Gasteiger partial charge in [-0.2, -0.15) is 0 Å². The highest BCUT2D eigenvalue weighted by Crippen LogP contribution is 2.27. The van der Waals surface area contributed by atoms with Crippen LogP contribution in [-0.2, 0) is 6.54 Å². The molecule has 0 aliphatic carbocycles. The van der Waals surface area contributed by atoms with E-state index in [4.69, 9.17) is 4.98 Å². The van der Waals surface area contributed by atoms with Gasteiger partial charge in [-0.3, -0.25) is 0 Å². The van der Waals surface area contributed by atoms with Crippen LogP contribution in [0.5, 0.6) is 0 Å². The Bertz CT molecular complexity index is 658. The van der Waals surface area contributed by atoms with E-state index in [-0.39, 0.29) is 0 Å². The zero-order chi connectivity index (χ0) is 15.6. The summed E-state index contributed by atoms with van der Waals surface area (Å²) in [5.41, 5.74) is 2.11. The first-order valence-corrected chi connectivity index (χ1v) is 9.05. The summed E-state index contributed by atoms with van der Waals surface area (Å²) in [6.45, 7) is 4.42. The standard InChI is InChI=1S/C18H27N5/c1-22-11-3-2-7-15(22)13-23-17(14-6-4-9-19-12-14)21-16-8-5-10-20-18(16)23/h5,8,10,14-15,19H,2-4,6-7,9,11-13H2,1H3. The molecule has 0 spiro atoms. The van der Waals surface area contributed by atoms with Crippen molar-refractivity contribution in [3.05, 3.63) is 24.2 Å². The summed E-state index contributed by atoms with van der Waals surface area (Å²) in [5.74, 6) is 1.76. The van der Waals surface area contributed by atoms with Gasteiger partial charge in [0.15, 0.2) is 5.65 Å². The molecule has 2 aromatic heterocycles. The molecule has 124 valence electrons. The lowest BCUT2D eigenvalue weighted by Gasteiger charge is -2.33. The summed E-state index contributed by atoms with van der Waals surface area (Å²) >= 11 is 0. The molecule has 2 atom stereocenters. The molecular weight excluding hydrogens is 286 g/mol. The van der Waals surface area contributed by atoms with E-state index in [0.29, 0.717) is 12.0 Å². The van der Waals surface area contributed by atoms with Gasteiger partial charge in [0.05, 0.1) is 0 Å². The molecule has 0 bridgehead atoms. The third-order valence-electron chi connectivity index (χ3n) is 5.51. The molecule has 4 rings (SSSR count). The predicted molar refractivity (Wildman–Crippen MR) is 92.6 cm³/mol. The number of nitrogens with one attached hydrogen (secondary N) is 1. The molecule has 2 aliphatic heterocycles. The maximum absolute atomic E-state index is 4.97. The first kappa shape index (κ1) is 15.1. The predicted octanol–water partition coefficient (Wildman–Crippen LogP) is 2.38. The summed E-state index contributed by atoms with van der Waals surface area (Å²) < 4.78 is 2.42. The van der Waals surface area contributed by atoms with Gasteiger partial charge in [-0.05, 0) is 58.0 Å². The van der Waals surface area contributed by atoms with Gasteiger partial charge in [0.2, 0.25) is 0 Å². The molecule has 0 saturated carbocycles. The van der Waals surface area contributed by atoms with Crippen molar-refractivity contribution >= 4 is 11.2 Å². The third-order valence-corrected chi connectivity index (χ3v) is 5.51. The minimum Gasteiger partial charge on any atom is -0.316 e. The van der Waals surface area contributed by atoms with Crippen molar-refractivity contribution in [1.29, 1.82) is 0 Å². The Morgan fingerprint density at radius 1 is 1.26 bits per heavy atom. The van der Waals surface area contributed by atoms with Crippen LogP contribution < -0.4 is 5.32 Å². The van der Waals surface area contributed by atoms with Crippen molar-refractivity contribution in [2.45, 2.75) is 50.6 Å². The van der Waals surface area contributed by atoms with Crippen molar-refractivity contribution in [3.8, 4) is 0 Å². The molecule has 0 amide bonds. The highest BCUT2D eigenvalue weighted by Gasteiger charge is 2.26. The van der Waals surface area contributed by atoms with Crippen molar-refractivity contribution in [3.63, 3.8) is 0 Å². The number of imidazole rings is 1. The van der Waals surface area contributed by atoms with E-state index in [1.165, 1.54) is 44.5 Å². The van der Waals surface area contributed by atoms with Crippen LogP contribution in [0.25, 0.3) is 11.2 Å². The quantitative estimate of drug-likeness (QED) is 0.945. The first-order valence-electron chi connectivity index (χ1n) is 9.05. The zero-order valence-corrected chi connectivity index (χ0v) is 14.0. The zero-order valence-electron chi connectivity index (χ0n) is 14.0. The van der Waals surface area contributed by atoms with Crippen LogP contribution in [0.15, 0.2) is 18.3 Å². The molecule has 4 heterocycles. The van der Waals surface area contributed by atoms with Gasteiger partial charge in [-0.15, -0.1) is 0 Å². The monoisotopic (exact) mass is 313 g/mol. The molecule has 2 aromatic rings. The van der Waals surface area contributed by atoms with E-state index in [0.717, 1.165) is 30.8 Å². The average Bonchev–Trinajstić information content (AvgIpc) is 2.96. The fourth-order valence-corrected chi connectivity index (χ4v) is 4.13. The Morgan fingerprint density at radius 3 is 3.04 bits per heavy atom. The second-order valence-electron chi connectivity index (χ2n) is 7.10. The number of hydrogen-bond donors (Lipinski definition) is 1. The molecule has 0 aromatic carbocycles. The van der Waals surface area contributed by atoms with Crippen LogP contribution >= 0.6 is 0 Å². The lowest BCUT2D eigenvalue weighted by molar-refractivity contribution is 0.166. The van der Waals surface area contributed by atoms with Gasteiger partial charge in [0, 0.05) is 31.2 Å². The average molecular weight is 313 g/mol. The van der Waals surface area contributed by atoms with Gasteiger partial charge in [-0.25, -0.2) is 9.97 Å². The highest BCUT2D eigenvalue weighted by atomic mass is 15.2. The van der Waals surface area contributed by atoms with Gasteiger partial charge in [0.25, 0.3) is 0 Å². The van der Waals surface area contributed by atoms with E-state index >= 15 is 0 Å². The number of likely N-dealkylation sites (N-methyl/N-ethyl adjacent to an activating group) is 1. The number of rotatable bonds is 3.